The molecular weight excluding hydrogens is 737 g/mol. The summed E-state index contributed by atoms with van der Waals surface area (Å²) in [6, 6.07) is 0. The predicted octanol–water partition coefficient (Wildman–Crippen LogP) is 10.1. The van der Waals surface area contributed by atoms with E-state index in [4.69, 9.17) is 18.9 Å². The van der Waals surface area contributed by atoms with Gasteiger partial charge in [0.2, 0.25) is 0 Å². The van der Waals surface area contributed by atoms with E-state index in [1.165, 1.54) is 89.9 Å². The summed E-state index contributed by atoms with van der Waals surface area (Å²) in [7, 11) is 0. The van der Waals surface area contributed by atoms with Gasteiger partial charge >= 0.3 is 11.9 Å². The first-order chi connectivity index (χ1) is 28.3. The summed E-state index contributed by atoms with van der Waals surface area (Å²) in [5, 5.41) is 40.1. The second-order valence-electron chi connectivity index (χ2n) is 15.9. The first kappa shape index (κ1) is 53.7. The normalized spacial score (nSPS) is 20.6. The first-order valence-electron chi connectivity index (χ1n) is 23.3. The van der Waals surface area contributed by atoms with Crippen molar-refractivity contribution in [3.8, 4) is 0 Å². The van der Waals surface area contributed by atoms with Crippen LogP contribution < -0.4 is 0 Å². The molecule has 0 radical (unpaired) electrons. The van der Waals surface area contributed by atoms with E-state index < -0.39 is 55.4 Å². The molecule has 0 spiro atoms. The number of aliphatic hydroxyl groups excluding tert-OH is 4. The molecule has 10 nitrogen and oxygen atoms in total. The third-order valence-electron chi connectivity index (χ3n) is 10.6. The van der Waals surface area contributed by atoms with Gasteiger partial charge in [0.15, 0.2) is 12.4 Å². The smallest absolute Gasteiger partial charge is 0.306 e. The minimum atomic E-state index is -1.60. The van der Waals surface area contributed by atoms with Gasteiger partial charge in [-0.15, -0.1) is 0 Å². The standard InChI is InChI=1S/C48H84O10/c1-3-5-7-9-11-13-15-17-19-20-21-23-25-27-29-31-33-35-37-44(51)57-41(40-56-48-47(54)46(53)45(52)42(38-49)58-48)39-55-43(50)36-34-32-30-28-26-24-22-18-16-14-12-10-8-6-4-2/h6,8,10,12,14,16,18,22,41-42,45-49,52-54H,3-5,7,9,11,13,15,17,19-21,23-40H2,1-2H3/b8-6+,12-10+,16-14+,22-18+/t41-,42-,45+,46?,47?,48-/m1/s1. The van der Waals surface area contributed by atoms with Gasteiger partial charge in [-0.3, -0.25) is 9.59 Å². The monoisotopic (exact) mass is 821 g/mol. The van der Waals surface area contributed by atoms with Crippen LogP contribution in [0.3, 0.4) is 0 Å². The molecule has 1 aliphatic rings. The molecule has 10 heteroatoms. The van der Waals surface area contributed by atoms with Crippen LogP contribution in [0, 0.1) is 0 Å². The minimum Gasteiger partial charge on any atom is -0.462 e. The average molecular weight is 821 g/mol. The van der Waals surface area contributed by atoms with Crippen molar-refractivity contribution in [2.75, 3.05) is 19.8 Å². The van der Waals surface area contributed by atoms with Gasteiger partial charge < -0.3 is 39.4 Å². The number of rotatable bonds is 38. The van der Waals surface area contributed by atoms with E-state index in [2.05, 4.69) is 32.1 Å². The van der Waals surface area contributed by atoms with Crippen LogP contribution in [0.4, 0.5) is 0 Å². The van der Waals surface area contributed by atoms with E-state index in [0.29, 0.717) is 12.8 Å². The van der Waals surface area contributed by atoms with Crippen molar-refractivity contribution in [2.45, 2.75) is 224 Å². The lowest BCUT2D eigenvalue weighted by Crippen LogP contribution is -2.59. The highest BCUT2D eigenvalue weighted by Crippen LogP contribution is 2.23. The predicted molar refractivity (Wildman–Crippen MR) is 233 cm³/mol. The summed E-state index contributed by atoms with van der Waals surface area (Å²) in [5.41, 5.74) is 0. The van der Waals surface area contributed by atoms with Crippen molar-refractivity contribution < 1.29 is 49.0 Å². The molecular formula is C48H84O10. The largest absolute Gasteiger partial charge is 0.462 e. The molecule has 4 N–H and O–H groups in total. The second kappa shape index (κ2) is 38.8. The number of ether oxygens (including phenoxy) is 4. The van der Waals surface area contributed by atoms with Gasteiger partial charge in [-0.25, -0.2) is 0 Å². The Morgan fingerprint density at radius 2 is 1.02 bits per heavy atom. The molecule has 336 valence electrons. The first-order valence-corrected chi connectivity index (χ1v) is 23.3. The summed E-state index contributed by atoms with van der Waals surface area (Å²) < 4.78 is 22.2. The second-order valence-corrected chi connectivity index (χ2v) is 15.9. The van der Waals surface area contributed by atoms with Gasteiger partial charge in [0.1, 0.15) is 31.0 Å². The number of unbranched alkanes of at least 4 members (excludes halogenated alkanes) is 22. The van der Waals surface area contributed by atoms with Crippen LogP contribution in [0.15, 0.2) is 48.6 Å². The van der Waals surface area contributed by atoms with Crippen molar-refractivity contribution >= 4 is 11.9 Å². The van der Waals surface area contributed by atoms with Crippen LogP contribution in [-0.2, 0) is 28.5 Å². The summed E-state index contributed by atoms with van der Waals surface area (Å²) in [6.07, 6.45) is 38.3. The van der Waals surface area contributed by atoms with Gasteiger partial charge in [-0.05, 0) is 32.1 Å². The van der Waals surface area contributed by atoms with Gasteiger partial charge in [0, 0.05) is 12.8 Å². The van der Waals surface area contributed by atoms with Crippen molar-refractivity contribution in [1.29, 1.82) is 0 Å². The van der Waals surface area contributed by atoms with Crippen LogP contribution >= 0.6 is 0 Å². The van der Waals surface area contributed by atoms with Crippen molar-refractivity contribution in [3.05, 3.63) is 48.6 Å². The fraction of sp³-hybridized carbons (Fsp3) is 0.792. The molecule has 0 amide bonds. The SMILES string of the molecule is CC/C=C/C=C/C=C/C=C/CCCCCCCC(=O)OC[C@H](CO[C@@H]1O[C@H](CO)[C@H](O)C(O)C1O)OC(=O)CCCCCCCCCCCCCCCCCCCC. The van der Waals surface area contributed by atoms with Crippen LogP contribution in [0.25, 0.3) is 0 Å². The molecule has 0 aromatic rings. The van der Waals surface area contributed by atoms with Crippen LogP contribution in [0.1, 0.15) is 187 Å². The Morgan fingerprint density at radius 1 is 0.552 bits per heavy atom. The average Bonchev–Trinajstić information content (AvgIpc) is 3.22. The van der Waals surface area contributed by atoms with E-state index in [-0.39, 0.29) is 26.1 Å². The molecule has 6 atom stereocenters. The summed E-state index contributed by atoms with van der Waals surface area (Å²) in [6.45, 7) is 3.27. The van der Waals surface area contributed by atoms with Gasteiger partial charge in [-0.1, -0.05) is 191 Å². The van der Waals surface area contributed by atoms with E-state index in [0.717, 1.165) is 57.8 Å². The van der Waals surface area contributed by atoms with Crippen LogP contribution in [0.5, 0.6) is 0 Å². The van der Waals surface area contributed by atoms with E-state index >= 15 is 0 Å². The highest BCUT2D eigenvalue weighted by atomic mass is 16.7. The molecule has 0 aromatic carbocycles. The van der Waals surface area contributed by atoms with Crippen molar-refractivity contribution in [3.63, 3.8) is 0 Å². The van der Waals surface area contributed by atoms with Crippen LogP contribution in [-0.4, -0.2) is 89.0 Å². The van der Waals surface area contributed by atoms with Gasteiger partial charge in [0.25, 0.3) is 0 Å². The third-order valence-corrected chi connectivity index (χ3v) is 10.6. The Bertz CT molecular complexity index is 1090. The number of allylic oxidation sites excluding steroid dienone is 8. The van der Waals surface area contributed by atoms with Gasteiger partial charge in [0.05, 0.1) is 13.2 Å². The Morgan fingerprint density at radius 3 is 1.53 bits per heavy atom. The number of carbonyl (C=O) groups is 2. The summed E-state index contributed by atoms with van der Waals surface area (Å²) >= 11 is 0. The summed E-state index contributed by atoms with van der Waals surface area (Å²) in [4.78, 5) is 25.3. The lowest BCUT2D eigenvalue weighted by Gasteiger charge is -2.39. The maximum absolute atomic E-state index is 12.8. The highest BCUT2D eigenvalue weighted by Gasteiger charge is 2.44. The molecule has 0 bridgehead atoms. The molecule has 1 aliphatic heterocycles. The van der Waals surface area contributed by atoms with E-state index in [9.17, 15) is 30.0 Å². The summed E-state index contributed by atoms with van der Waals surface area (Å²) in [5.74, 6) is -0.830. The molecule has 1 rings (SSSR count). The lowest BCUT2D eigenvalue weighted by molar-refractivity contribution is -0.305. The fourth-order valence-corrected chi connectivity index (χ4v) is 6.91. The number of hydrogen-bond donors (Lipinski definition) is 4. The minimum absolute atomic E-state index is 0.226. The van der Waals surface area contributed by atoms with Crippen molar-refractivity contribution in [1.82, 2.24) is 0 Å². The van der Waals surface area contributed by atoms with Crippen LogP contribution in [0.2, 0.25) is 0 Å². The molecule has 2 unspecified atom stereocenters. The molecule has 58 heavy (non-hydrogen) atoms. The maximum atomic E-state index is 12.8. The maximum Gasteiger partial charge on any atom is 0.306 e. The molecule has 1 saturated heterocycles. The lowest BCUT2D eigenvalue weighted by atomic mass is 9.99. The van der Waals surface area contributed by atoms with Gasteiger partial charge in [-0.2, -0.15) is 0 Å². The highest BCUT2D eigenvalue weighted by molar-refractivity contribution is 5.70. The Balaban J connectivity index is 2.32. The Labute approximate surface area is 352 Å². The quantitative estimate of drug-likeness (QED) is 0.0269. The fourth-order valence-electron chi connectivity index (χ4n) is 6.91. The molecule has 0 aliphatic carbocycles. The number of hydrogen-bond acceptors (Lipinski definition) is 10. The number of aliphatic hydroxyl groups is 4. The zero-order valence-electron chi connectivity index (χ0n) is 36.5. The molecule has 0 saturated carbocycles. The topological polar surface area (TPSA) is 152 Å². The Hall–Kier alpha value is -2.34. The third kappa shape index (κ3) is 29.8. The van der Waals surface area contributed by atoms with Crippen molar-refractivity contribution in [2.24, 2.45) is 0 Å². The molecule has 1 heterocycles. The zero-order valence-corrected chi connectivity index (χ0v) is 36.5. The molecule has 0 aromatic heterocycles. The Kier molecular flexibility index (Phi) is 35.9. The molecule has 1 fully saturated rings. The van der Waals surface area contributed by atoms with E-state index in [1.54, 1.807) is 0 Å². The zero-order chi connectivity index (χ0) is 42.3. The number of esters is 2. The number of carbonyl (C=O) groups excluding carboxylic acids is 2. The van der Waals surface area contributed by atoms with E-state index in [1.807, 2.05) is 30.4 Å².